The van der Waals surface area contributed by atoms with E-state index in [1.54, 1.807) is 14.2 Å². The molecule has 136 valence electrons. The number of nitrogens with one attached hydrogen (secondary N) is 1. The fraction of sp³-hybridized carbons (Fsp3) is 0.400. The summed E-state index contributed by atoms with van der Waals surface area (Å²) in [5.74, 6) is 2.02. The summed E-state index contributed by atoms with van der Waals surface area (Å²) in [4.78, 5) is 9.34. The Morgan fingerprint density at radius 1 is 1.19 bits per heavy atom. The quantitative estimate of drug-likeness (QED) is 0.763. The third-order valence-corrected chi connectivity index (χ3v) is 4.98. The van der Waals surface area contributed by atoms with Gasteiger partial charge in [-0.1, -0.05) is 6.92 Å². The zero-order chi connectivity index (χ0) is 18.3. The number of anilines is 1. The van der Waals surface area contributed by atoms with Crippen LogP contribution in [0.15, 0.2) is 24.7 Å². The van der Waals surface area contributed by atoms with Gasteiger partial charge in [-0.15, -0.1) is 0 Å². The van der Waals surface area contributed by atoms with Gasteiger partial charge < -0.3 is 19.4 Å². The summed E-state index contributed by atoms with van der Waals surface area (Å²) in [7, 11) is 5.29. The lowest BCUT2D eigenvalue weighted by molar-refractivity contribution is 0.356. The van der Waals surface area contributed by atoms with Gasteiger partial charge in [-0.05, 0) is 30.4 Å². The van der Waals surface area contributed by atoms with Crippen molar-refractivity contribution in [3.05, 3.63) is 41.6 Å². The molecular formula is C20H24N4O2. The second-order valence-corrected chi connectivity index (χ2v) is 7.03. The van der Waals surface area contributed by atoms with Crippen LogP contribution in [0.4, 0.5) is 5.69 Å². The zero-order valence-electron chi connectivity index (χ0n) is 15.7. The molecule has 6 heteroatoms. The van der Waals surface area contributed by atoms with E-state index < -0.39 is 0 Å². The summed E-state index contributed by atoms with van der Waals surface area (Å²) in [5.41, 5.74) is 5.58. The summed E-state index contributed by atoms with van der Waals surface area (Å²) in [6.07, 6.45) is 5.90. The van der Waals surface area contributed by atoms with Crippen molar-refractivity contribution >= 4 is 16.6 Å². The van der Waals surface area contributed by atoms with E-state index in [1.807, 2.05) is 36.3 Å². The van der Waals surface area contributed by atoms with E-state index in [-0.39, 0.29) is 0 Å². The van der Waals surface area contributed by atoms with E-state index in [2.05, 4.69) is 17.2 Å². The number of hydrogen-bond acceptors (Lipinski definition) is 5. The molecule has 1 N–H and O–H groups in total. The number of rotatable bonds is 5. The van der Waals surface area contributed by atoms with E-state index in [0.29, 0.717) is 24.0 Å². The first kappa shape index (κ1) is 16.7. The molecule has 2 aromatic heterocycles. The fourth-order valence-corrected chi connectivity index (χ4v) is 3.76. The van der Waals surface area contributed by atoms with Crippen LogP contribution in [0.1, 0.15) is 23.9 Å². The summed E-state index contributed by atoms with van der Waals surface area (Å²) >= 11 is 0. The van der Waals surface area contributed by atoms with E-state index in [1.165, 1.54) is 11.3 Å². The van der Waals surface area contributed by atoms with Gasteiger partial charge in [-0.25, -0.2) is 4.98 Å². The maximum Gasteiger partial charge on any atom is 0.162 e. The van der Waals surface area contributed by atoms with Crippen molar-refractivity contribution in [2.75, 3.05) is 19.5 Å². The molecule has 0 fully saturated rings. The molecule has 0 radical (unpaired) electrons. The molecule has 0 bridgehead atoms. The van der Waals surface area contributed by atoms with Crippen LogP contribution in [0, 0.1) is 5.92 Å². The van der Waals surface area contributed by atoms with Crippen LogP contribution in [-0.4, -0.2) is 28.8 Å². The molecular weight excluding hydrogens is 328 g/mol. The van der Waals surface area contributed by atoms with Crippen molar-refractivity contribution in [1.82, 2.24) is 14.5 Å². The second-order valence-electron chi connectivity index (χ2n) is 7.03. The highest BCUT2D eigenvalue weighted by Gasteiger charge is 2.25. The lowest BCUT2D eigenvalue weighted by atomic mass is 10.0. The third-order valence-electron chi connectivity index (χ3n) is 4.98. The summed E-state index contributed by atoms with van der Waals surface area (Å²) < 4.78 is 12.9. The van der Waals surface area contributed by atoms with Gasteiger partial charge in [0.25, 0.3) is 0 Å². The van der Waals surface area contributed by atoms with Crippen LogP contribution in [0.25, 0.3) is 10.9 Å². The van der Waals surface area contributed by atoms with Crippen LogP contribution in [0.5, 0.6) is 11.5 Å². The van der Waals surface area contributed by atoms with E-state index in [4.69, 9.17) is 14.5 Å². The standard InChI is InChI=1S/C20H24N4O2/c1-12-5-14-16(6-12)23-17-8-19(26-4)18(25-3)7-15(17)20(14)21-9-13-10-24(2)11-22-13/h7-8,10-12H,5-6,9H2,1-4H3,(H,21,23). The van der Waals surface area contributed by atoms with Gasteiger partial charge in [0.05, 0.1) is 38.3 Å². The number of methoxy groups -OCH3 is 2. The van der Waals surface area contributed by atoms with Gasteiger partial charge in [0.15, 0.2) is 11.5 Å². The Balaban J connectivity index is 1.83. The number of hydrogen-bond donors (Lipinski definition) is 1. The highest BCUT2D eigenvalue weighted by molar-refractivity contribution is 5.96. The Morgan fingerprint density at radius 3 is 2.65 bits per heavy atom. The van der Waals surface area contributed by atoms with Gasteiger partial charge in [0.1, 0.15) is 0 Å². The number of aryl methyl sites for hydroxylation is 1. The number of ether oxygens (including phenoxy) is 2. The molecule has 6 nitrogen and oxygen atoms in total. The van der Waals surface area contributed by atoms with Gasteiger partial charge >= 0.3 is 0 Å². The molecule has 1 aromatic carbocycles. The normalized spacial score (nSPS) is 15.9. The summed E-state index contributed by atoms with van der Waals surface area (Å²) in [6, 6.07) is 3.98. The molecule has 1 aliphatic rings. The van der Waals surface area contributed by atoms with Crippen LogP contribution in [0.3, 0.4) is 0 Å². The van der Waals surface area contributed by atoms with Crippen LogP contribution in [-0.2, 0) is 26.4 Å². The minimum Gasteiger partial charge on any atom is -0.493 e. The minimum atomic E-state index is 0.605. The van der Waals surface area contributed by atoms with Crippen molar-refractivity contribution in [3.8, 4) is 11.5 Å². The third kappa shape index (κ3) is 2.85. The molecule has 0 saturated carbocycles. The van der Waals surface area contributed by atoms with Crippen molar-refractivity contribution in [2.45, 2.75) is 26.3 Å². The lowest BCUT2D eigenvalue weighted by Crippen LogP contribution is -2.05. The van der Waals surface area contributed by atoms with E-state index in [0.717, 1.165) is 35.1 Å². The SMILES string of the molecule is COc1cc2nc3c(c(NCc4cn(C)cn4)c2cc1OC)CC(C)C3. The van der Waals surface area contributed by atoms with E-state index >= 15 is 0 Å². The Morgan fingerprint density at radius 2 is 1.96 bits per heavy atom. The minimum absolute atomic E-state index is 0.605. The van der Waals surface area contributed by atoms with Gasteiger partial charge in [0, 0.05) is 36.1 Å². The number of imidazole rings is 1. The molecule has 26 heavy (non-hydrogen) atoms. The van der Waals surface area contributed by atoms with Crippen LogP contribution < -0.4 is 14.8 Å². The molecule has 0 saturated heterocycles. The average molecular weight is 352 g/mol. The Kier molecular flexibility index (Phi) is 4.18. The molecule has 1 atom stereocenters. The number of pyridine rings is 1. The smallest absolute Gasteiger partial charge is 0.162 e. The number of nitrogens with zero attached hydrogens (tertiary/aromatic N) is 3. The fourth-order valence-electron chi connectivity index (χ4n) is 3.76. The predicted octanol–water partition coefficient (Wildman–Crippen LogP) is 3.33. The van der Waals surface area contributed by atoms with Gasteiger partial charge in [0.2, 0.25) is 0 Å². The zero-order valence-corrected chi connectivity index (χ0v) is 15.7. The molecule has 3 aromatic rings. The molecule has 0 amide bonds. The number of fused-ring (bicyclic) bond motifs is 2. The molecule has 0 spiro atoms. The molecule has 0 aliphatic heterocycles. The maximum atomic E-state index is 5.51. The highest BCUT2D eigenvalue weighted by atomic mass is 16.5. The van der Waals surface area contributed by atoms with Crippen LogP contribution >= 0.6 is 0 Å². The van der Waals surface area contributed by atoms with Crippen molar-refractivity contribution < 1.29 is 9.47 Å². The number of aromatic nitrogens is 3. The van der Waals surface area contributed by atoms with Crippen molar-refractivity contribution in [1.29, 1.82) is 0 Å². The van der Waals surface area contributed by atoms with Crippen LogP contribution in [0.2, 0.25) is 0 Å². The van der Waals surface area contributed by atoms with Crippen molar-refractivity contribution in [3.63, 3.8) is 0 Å². The Bertz CT molecular complexity index is 964. The lowest BCUT2D eigenvalue weighted by Gasteiger charge is -2.16. The van der Waals surface area contributed by atoms with Gasteiger partial charge in [-0.3, -0.25) is 4.98 Å². The first-order valence-electron chi connectivity index (χ1n) is 8.87. The molecule has 1 unspecified atom stereocenters. The summed E-state index contributed by atoms with van der Waals surface area (Å²) in [6.45, 7) is 2.95. The maximum absolute atomic E-state index is 5.51. The second kappa shape index (κ2) is 6.52. The number of benzene rings is 1. The molecule has 2 heterocycles. The average Bonchev–Trinajstić information content (AvgIpc) is 3.21. The Labute approximate surface area is 153 Å². The first-order chi connectivity index (χ1) is 12.6. The molecule has 1 aliphatic carbocycles. The van der Waals surface area contributed by atoms with Gasteiger partial charge in [-0.2, -0.15) is 0 Å². The topological polar surface area (TPSA) is 61.2 Å². The summed E-state index contributed by atoms with van der Waals surface area (Å²) in [5, 5.41) is 4.68. The monoisotopic (exact) mass is 352 g/mol. The first-order valence-corrected chi connectivity index (χ1v) is 8.87. The molecule has 4 rings (SSSR count). The Hall–Kier alpha value is -2.76. The highest BCUT2D eigenvalue weighted by Crippen LogP contribution is 2.40. The largest absolute Gasteiger partial charge is 0.493 e. The van der Waals surface area contributed by atoms with E-state index in [9.17, 15) is 0 Å². The predicted molar refractivity (Wildman–Crippen MR) is 102 cm³/mol. The van der Waals surface area contributed by atoms with Crippen molar-refractivity contribution in [2.24, 2.45) is 13.0 Å².